The number of nitrogens with zero attached hydrogens (tertiary/aromatic N) is 1. The number of anilines is 1. The van der Waals surface area contributed by atoms with Crippen LogP contribution in [0.15, 0.2) is 24.3 Å². The Balaban J connectivity index is 1.45. The number of benzene rings is 1. The van der Waals surface area contributed by atoms with Crippen LogP contribution in [0.3, 0.4) is 0 Å². The Morgan fingerprint density at radius 3 is 2.43 bits per heavy atom. The third-order valence-electron chi connectivity index (χ3n) is 5.43. The molecule has 0 radical (unpaired) electrons. The molecule has 3 heterocycles. The number of carbonyl (C=O) groups is 2. The van der Waals surface area contributed by atoms with E-state index in [9.17, 15) is 9.59 Å². The van der Waals surface area contributed by atoms with E-state index < -0.39 is 0 Å². The fourth-order valence-corrected chi connectivity index (χ4v) is 4.87. The normalized spacial score (nSPS) is 21.1. The first kappa shape index (κ1) is 21.1. The third kappa shape index (κ3) is 5.11. The number of thiophene rings is 1. The summed E-state index contributed by atoms with van der Waals surface area (Å²) in [7, 11) is 0. The predicted octanol–water partition coefficient (Wildman–Crippen LogP) is 4.27. The van der Waals surface area contributed by atoms with Gasteiger partial charge in [-0.1, -0.05) is 0 Å². The maximum absolute atomic E-state index is 13.1. The summed E-state index contributed by atoms with van der Waals surface area (Å²) in [6, 6.07) is 7.33. The Hall–Kier alpha value is -2.16. The minimum Gasteiger partial charge on any atom is -0.462 e. The van der Waals surface area contributed by atoms with Gasteiger partial charge in [-0.15, -0.1) is 11.3 Å². The lowest BCUT2D eigenvalue weighted by Gasteiger charge is -2.28. The molecule has 2 saturated heterocycles. The minimum atomic E-state index is -0.316. The van der Waals surface area contributed by atoms with Gasteiger partial charge >= 0.3 is 12.0 Å². The Bertz CT molecular complexity index is 869. The first-order chi connectivity index (χ1) is 14.6. The van der Waals surface area contributed by atoms with Gasteiger partial charge < -0.3 is 24.4 Å². The summed E-state index contributed by atoms with van der Waals surface area (Å²) in [4.78, 5) is 27.4. The van der Waals surface area contributed by atoms with Gasteiger partial charge in [0.05, 0.1) is 18.8 Å². The summed E-state index contributed by atoms with van der Waals surface area (Å²) in [6.45, 7) is 4.80. The van der Waals surface area contributed by atoms with Crippen molar-refractivity contribution >= 4 is 39.1 Å². The Labute approximate surface area is 180 Å². The van der Waals surface area contributed by atoms with Crippen molar-refractivity contribution in [1.82, 2.24) is 4.90 Å². The molecule has 4 rings (SSSR count). The minimum absolute atomic E-state index is 0.0867. The van der Waals surface area contributed by atoms with Gasteiger partial charge in [0.15, 0.2) is 0 Å². The molecule has 1 aromatic heterocycles. The maximum atomic E-state index is 13.1. The average Bonchev–Trinajstić information content (AvgIpc) is 3.49. The molecule has 1 aromatic carbocycles. The Kier molecular flexibility index (Phi) is 6.86. The van der Waals surface area contributed by atoms with Gasteiger partial charge in [0.2, 0.25) is 0 Å². The molecular weight excluding hydrogens is 404 g/mol. The number of urea groups is 1. The second-order valence-corrected chi connectivity index (χ2v) is 8.77. The molecule has 2 unspecified atom stereocenters. The summed E-state index contributed by atoms with van der Waals surface area (Å²) >= 11 is 1.39. The second-order valence-electron chi connectivity index (χ2n) is 7.69. The zero-order chi connectivity index (χ0) is 20.9. The standard InChI is InChI=1S/C22H28N2O5S/c1-2-27-21(25)20-12-15-11-16(7-8-19(15)30-20)23-22(26)24(13-17-5-3-9-28-17)14-18-6-4-10-29-18/h7-8,11-12,17-18H,2-6,9-10,13-14H2,1H3,(H,23,26). The lowest BCUT2D eigenvalue weighted by atomic mass is 10.2. The molecule has 1 N–H and O–H groups in total. The van der Waals surface area contributed by atoms with E-state index in [0.29, 0.717) is 30.3 Å². The molecule has 2 aromatic rings. The lowest BCUT2D eigenvalue weighted by molar-refractivity contribution is 0.0523. The molecular formula is C22H28N2O5S. The molecule has 0 spiro atoms. The highest BCUT2D eigenvalue weighted by Gasteiger charge is 2.27. The molecule has 30 heavy (non-hydrogen) atoms. The highest BCUT2D eigenvalue weighted by molar-refractivity contribution is 7.20. The van der Waals surface area contributed by atoms with E-state index in [1.807, 2.05) is 29.2 Å². The zero-order valence-corrected chi connectivity index (χ0v) is 18.0. The topological polar surface area (TPSA) is 77.1 Å². The van der Waals surface area contributed by atoms with Gasteiger partial charge in [0.1, 0.15) is 4.88 Å². The van der Waals surface area contributed by atoms with Crippen molar-refractivity contribution in [2.75, 3.05) is 38.2 Å². The number of rotatable bonds is 7. The zero-order valence-electron chi connectivity index (χ0n) is 17.2. The van der Waals surface area contributed by atoms with Gasteiger partial charge in [-0.05, 0) is 62.3 Å². The number of ether oxygens (including phenoxy) is 3. The number of amides is 2. The van der Waals surface area contributed by atoms with Gasteiger partial charge in [-0.3, -0.25) is 0 Å². The van der Waals surface area contributed by atoms with Crippen molar-refractivity contribution in [1.29, 1.82) is 0 Å². The van der Waals surface area contributed by atoms with Crippen LogP contribution in [0.2, 0.25) is 0 Å². The van der Waals surface area contributed by atoms with Crippen LogP contribution in [-0.4, -0.2) is 62.0 Å². The highest BCUT2D eigenvalue weighted by Crippen LogP contribution is 2.29. The molecule has 2 atom stereocenters. The maximum Gasteiger partial charge on any atom is 0.348 e. The van der Waals surface area contributed by atoms with E-state index in [-0.39, 0.29) is 24.2 Å². The van der Waals surface area contributed by atoms with Crippen molar-refractivity contribution in [3.63, 3.8) is 0 Å². The van der Waals surface area contributed by atoms with Crippen molar-refractivity contribution in [3.05, 3.63) is 29.1 Å². The molecule has 0 saturated carbocycles. The molecule has 2 aliphatic rings. The highest BCUT2D eigenvalue weighted by atomic mass is 32.1. The van der Waals surface area contributed by atoms with Gasteiger partial charge in [0, 0.05) is 36.7 Å². The first-order valence-corrected chi connectivity index (χ1v) is 11.4. The number of fused-ring (bicyclic) bond motifs is 1. The summed E-state index contributed by atoms with van der Waals surface area (Å²) in [5.74, 6) is -0.316. The summed E-state index contributed by atoms with van der Waals surface area (Å²) in [6.07, 6.45) is 4.21. The summed E-state index contributed by atoms with van der Waals surface area (Å²) in [5, 5.41) is 3.92. The molecule has 162 valence electrons. The van der Waals surface area contributed by atoms with E-state index in [1.165, 1.54) is 11.3 Å². The van der Waals surface area contributed by atoms with Crippen LogP contribution in [-0.2, 0) is 14.2 Å². The fourth-order valence-electron chi connectivity index (χ4n) is 3.94. The van der Waals surface area contributed by atoms with Crippen LogP contribution in [0.5, 0.6) is 0 Å². The molecule has 0 bridgehead atoms. The van der Waals surface area contributed by atoms with Crippen LogP contribution in [0.25, 0.3) is 10.1 Å². The van der Waals surface area contributed by atoms with Crippen LogP contribution in [0.1, 0.15) is 42.3 Å². The number of nitrogens with one attached hydrogen (secondary N) is 1. The molecule has 7 nitrogen and oxygen atoms in total. The Morgan fingerprint density at radius 1 is 1.13 bits per heavy atom. The summed E-state index contributed by atoms with van der Waals surface area (Å²) in [5.41, 5.74) is 0.699. The molecule has 2 aliphatic heterocycles. The number of hydrogen-bond acceptors (Lipinski definition) is 6. The summed E-state index contributed by atoms with van der Waals surface area (Å²) < 4.78 is 17.6. The van der Waals surface area contributed by atoms with Crippen molar-refractivity contribution in [3.8, 4) is 0 Å². The van der Waals surface area contributed by atoms with E-state index in [4.69, 9.17) is 14.2 Å². The van der Waals surface area contributed by atoms with Crippen LogP contribution in [0, 0.1) is 0 Å². The monoisotopic (exact) mass is 432 g/mol. The average molecular weight is 433 g/mol. The van der Waals surface area contributed by atoms with Crippen molar-refractivity contribution in [2.45, 2.75) is 44.8 Å². The number of esters is 1. The van der Waals surface area contributed by atoms with Crippen molar-refractivity contribution < 1.29 is 23.8 Å². The molecule has 8 heteroatoms. The number of carbonyl (C=O) groups excluding carboxylic acids is 2. The second kappa shape index (κ2) is 9.76. The lowest BCUT2D eigenvalue weighted by Crippen LogP contribution is -2.44. The SMILES string of the molecule is CCOC(=O)c1cc2cc(NC(=O)N(CC3CCCO3)CC3CCCO3)ccc2s1. The Morgan fingerprint density at radius 2 is 1.83 bits per heavy atom. The molecule has 2 fully saturated rings. The van der Waals surface area contributed by atoms with E-state index in [2.05, 4.69) is 5.32 Å². The smallest absolute Gasteiger partial charge is 0.348 e. The van der Waals surface area contributed by atoms with Crippen LogP contribution < -0.4 is 5.32 Å². The molecule has 2 amide bonds. The third-order valence-corrected chi connectivity index (χ3v) is 6.52. The predicted molar refractivity (Wildman–Crippen MR) is 116 cm³/mol. The number of hydrogen-bond donors (Lipinski definition) is 1. The fraction of sp³-hybridized carbons (Fsp3) is 0.545. The first-order valence-electron chi connectivity index (χ1n) is 10.6. The molecule has 0 aliphatic carbocycles. The van der Waals surface area contributed by atoms with Crippen LogP contribution in [0.4, 0.5) is 10.5 Å². The van der Waals surface area contributed by atoms with E-state index >= 15 is 0 Å². The van der Waals surface area contributed by atoms with Gasteiger partial charge in [-0.25, -0.2) is 9.59 Å². The largest absolute Gasteiger partial charge is 0.462 e. The van der Waals surface area contributed by atoms with Gasteiger partial charge in [0.25, 0.3) is 0 Å². The van der Waals surface area contributed by atoms with Crippen LogP contribution >= 0.6 is 11.3 Å². The quantitative estimate of drug-likeness (QED) is 0.661. The van der Waals surface area contributed by atoms with E-state index in [1.54, 1.807) is 6.92 Å². The van der Waals surface area contributed by atoms with Crippen molar-refractivity contribution in [2.24, 2.45) is 0 Å². The van der Waals surface area contributed by atoms with E-state index in [0.717, 1.165) is 49.0 Å². The van der Waals surface area contributed by atoms with Gasteiger partial charge in [-0.2, -0.15) is 0 Å².